The van der Waals surface area contributed by atoms with E-state index in [1.807, 2.05) is 0 Å². The lowest BCUT2D eigenvalue weighted by Gasteiger charge is -2.19. The van der Waals surface area contributed by atoms with E-state index in [1.54, 1.807) is 34.6 Å². The van der Waals surface area contributed by atoms with E-state index in [2.05, 4.69) is 4.74 Å². The van der Waals surface area contributed by atoms with Crippen LogP contribution in [0.25, 0.3) is 6.08 Å². The van der Waals surface area contributed by atoms with Gasteiger partial charge in [-0.2, -0.15) is 9.57 Å². The average molecular weight is 348 g/mol. The Hall–Kier alpha value is -2.17. The van der Waals surface area contributed by atoms with Gasteiger partial charge in [0.25, 0.3) is 0 Å². The van der Waals surface area contributed by atoms with Crippen molar-refractivity contribution in [1.82, 2.24) is 4.31 Å². The predicted octanol–water partition coefficient (Wildman–Crippen LogP) is 2.33. The molecular formula is C17H20N2O4S. The quantitative estimate of drug-likeness (QED) is 0.602. The van der Waals surface area contributed by atoms with Crippen LogP contribution in [-0.2, 0) is 19.6 Å². The topological polar surface area (TPSA) is 87.5 Å². The Labute approximate surface area is 142 Å². The van der Waals surface area contributed by atoms with Crippen LogP contribution in [-0.4, -0.2) is 38.4 Å². The minimum absolute atomic E-state index is 0.258. The smallest absolute Gasteiger partial charge is 0.331 e. The second kappa shape index (κ2) is 8.62. The van der Waals surface area contributed by atoms with Crippen molar-refractivity contribution < 1.29 is 17.9 Å². The summed E-state index contributed by atoms with van der Waals surface area (Å²) in [6.45, 7) is 0.833. The highest BCUT2D eigenvalue weighted by Crippen LogP contribution is 2.20. The first-order valence-corrected chi connectivity index (χ1v) is 9.30. The first kappa shape index (κ1) is 18.2. The number of esters is 1. The second-order valence-corrected chi connectivity index (χ2v) is 7.42. The van der Waals surface area contributed by atoms with Crippen LogP contribution >= 0.6 is 0 Å². The highest BCUT2D eigenvalue weighted by Gasteiger charge is 2.24. The number of nitrogens with zero attached hydrogens (tertiary/aromatic N) is 2. The molecule has 1 fully saturated rings. The molecule has 0 radical (unpaired) electrons. The van der Waals surface area contributed by atoms with Crippen LogP contribution in [0.3, 0.4) is 0 Å². The van der Waals surface area contributed by atoms with Crippen molar-refractivity contribution in [3.05, 3.63) is 35.9 Å². The number of carbonyl (C=O) groups excluding carboxylic acids is 1. The van der Waals surface area contributed by atoms with Gasteiger partial charge in [0.05, 0.1) is 4.90 Å². The lowest BCUT2D eigenvalue weighted by molar-refractivity contribution is -0.136. The molecule has 0 bridgehead atoms. The monoisotopic (exact) mass is 348 g/mol. The summed E-state index contributed by atoms with van der Waals surface area (Å²) in [7, 11) is -3.46. The minimum atomic E-state index is -3.46. The number of sulfonamides is 1. The van der Waals surface area contributed by atoms with E-state index in [1.165, 1.54) is 12.2 Å². The van der Waals surface area contributed by atoms with E-state index < -0.39 is 16.0 Å². The second-order valence-electron chi connectivity index (χ2n) is 5.49. The van der Waals surface area contributed by atoms with Gasteiger partial charge in [0, 0.05) is 19.2 Å². The van der Waals surface area contributed by atoms with Crippen LogP contribution in [0, 0.1) is 11.3 Å². The maximum Gasteiger partial charge on any atom is 0.331 e. The molecule has 1 aromatic carbocycles. The lowest BCUT2D eigenvalue weighted by atomic mass is 10.2. The molecule has 1 aromatic rings. The third kappa shape index (κ3) is 4.91. The highest BCUT2D eigenvalue weighted by atomic mass is 32.2. The average Bonchev–Trinajstić information content (AvgIpc) is 2.88. The van der Waals surface area contributed by atoms with Crippen molar-refractivity contribution in [2.75, 3.05) is 19.7 Å². The number of benzene rings is 1. The molecule has 0 unspecified atom stereocenters. The molecule has 0 aliphatic carbocycles. The van der Waals surface area contributed by atoms with Crippen LogP contribution in [0.2, 0.25) is 0 Å². The van der Waals surface area contributed by atoms with E-state index in [4.69, 9.17) is 5.26 Å². The zero-order valence-corrected chi connectivity index (χ0v) is 14.2. The molecule has 1 saturated heterocycles. The Morgan fingerprint density at radius 3 is 2.38 bits per heavy atom. The summed E-state index contributed by atoms with van der Waals surface area (Å²) >= 11 is 0. The first-order chi connectivity index (χ1) is 11.5. The summed E-state index contributed by atoms with van der Waals surface area (Å²) in [5.74, 6) is -0.613. The van der Waals surface area contributed by atoms with Crippen LogP contribution in [0.15, 0.2) is 35.2 Å². The van der Waals surface area contributed by atoms with Crippen LogP contribution in [0.5, 0.6) is 0 Å². The molecule has 128 valence electrons. The molecule has 0 saturated carbocycles. The maximum atomic E-state index is 12.6. The largest absolute Gasteiger partial charge is 0.447 e. The van der Waals surface area contributed by atoms with Gasteiger partial charge in [0.2, 0.25) is 10.0 Å². The Kier molecular flexibility index (Phi) is 6.53. The normalized spacial score (nSPS) is 16.5. The fourth-order valence-corrected chi connectivity index (χ4v) is 4.01. The fourth-order valence-electron chi connectivity index (χ4n) is 2.50. The van der Waals surface area contributed by atoms with Gasteiger partial charge in [-0.25, -0.2) is 13.2 Å². The SMILES string of the molecule is N#CCOC(=O)C=Cc1ccc(S(=O)(=O)N2CCCCCC2)cc1. The van der Waals surface area contributed by atoms with Crippen molar-refractivity contribution >= 4 is 22.1 Å². The van der Waals surface area contributed by atoms with E-state index in [0.29, 0.717) is 18.7 Å². The molecule has 1 heterocycles. The number of hydrogen-bond acceptors (Lipinski definition) is 5. The van der Waals surface area contributed by atoms with Gasteiger partial charge in [-0.3, -0.25) is 0 Å². The van der Waals surface area contributed by atoms with Crippen LogP contribution < -0.4 is 0 Å². The Morgan fingerprint density at radius 1 is 1.17 bits per heavy atom. The number of rotatable bonds is 5. The highest BCUT2D eigenvalue weighted by molar-refractivity contribution is 7.89. The Morgan fingerprint density at radius 2 is 1.79 bits per heavy atom. The molecular weight excluding hydrogens is 328 g/mol. The van der Waals surface area contributed by atoms with Crippen LogP contribution in [0.1, 0.15) is 31.2 Å². The summed E-state index contributed by atoms with van der Waals surface area (Å²) in [5.41, 5.74) is 0.679. The van der Waals surface area contributed by atoms with E-state index in [9.17, 15) is 13.2 Å². The van der Waals surface area contributed by atoms with E-state index in [0.717, 1.165) is 25.7 Å². The number of hydrogen-bond donors (Lipinski definition) is 0. The van der Waals surface area contributed by atoms with Gasteiger partial charge in [-0.05, 0) is 36.6 Å². The fraction of sp³-hybridized carbons (Fsp3) is 0.412. The van der Waals surface area contributed by atoms with E-state index >= 15 is 0 Å². The predicted molar refractivity (Wildman–Crippen MR) is 89.3 cm³/mol. The zero-order valence-electron chi connectivity index (χ0n) is 13.3. The summed E-state index contributed by atoms with van der Waals surface area (Å²) in [6.07, 6.45) is 6.64. The Balaban J connectivity index is 2.06. The maximum absolute atomic E-state index is 12.6. The van der Waals surface area contributed by atoms with Gasteiger partial charge >= 0.3 is 5.97 Å². The molecule has 0 atom stereocenters. The molecule has 1 aliphatic rings. The third-order valence-corrected chi connectivity index (χ3v) is 5.69. The molecule has 0 spiro atoms. The van der Waals surface area contributed by atoms with Crippen molar-refractivity contribution in [2.24, 2.45) is 0 Å². The summed E-state index contributed by atoms with van der Waals surface area (Å²) in [6, 6.07) is 8.07. The first-order valence-electron chi connectivity index (χ1n) is 7.86. The van der Waals surface area contributed by atoms with Gasteiger partial charge < -0.3 is 4.74 Å². The lowest BCUT2D eigenvalue weighted by Crippen LogP contribution is -2.31. The van der Waals surface area contributed by atoms with Gasteiger partial charge in [0.15, 0.2) is 6.61 Å². The Bertz CT molecular complexity index is 725. The van der Waals surface area contributed by atoms with Gasteiger partial charge in [0.1, 0.15) is 6.07 Å². The number of ether oxygens (including phenoxy) is 1. The standard InChI is InChI=1S/C17H20N2O4S/c18-11-14-23-17(20)10-7-15-5-8-16(9-6-15)24(21,22)19-12-3-1-2-4-13-19/h5-10H,1-4,12-14H2. The molecule has 0 aromatic heterocycles. The van der Waals surface area contributed by atoms with E-state index in [-0.39, 0.29) is 11.5 Å². The molecule has 2 rings (SSSR count). The molecule has 1 aliphatic heterocycles. The van der Waals surface area contributed by atoms with Gasteiger partial charge in [-0.15, -0.1) is 0 Å². The molecule has 0 amide bonds. The third-order valence-electron chi connectivity index (χ3n) is 3.77. The van der Waals surface area contributed by atoms with Crippen molar-refractivity contribution in [3.8, 4) is 6.07 Å². The molecule has 0 N–H and O–H groups in total. The molecule has 6 nitrogen and oxygen atoms in total. The molecule has 7 heteroatoms. The van der Waals surface area contributed by atoms with Crippen LogP contribution in [0.4, 0.5) is 0 Å². The summed E-state index contributed by atoms with van der Waals surface area (Å²) < 4.78 is 31.4. The van der Waals surface area contributed by atoms with Gasteiger partial charge in [-0.1, -0.05) is 25.0 Å². The summed E-state index contributed by atoms with van der Waals surface area (Å²) in [4.78, 5) is 11.5. The number of nitriles is 1. The number of carbonyl (C=O) groups is 1. The zero-order chi connectivity index (χ0) is 17.4. The molecule has 24 heavy (non-hydrogen) atoms. The van der Waals surface area contributed by atoms with Crippen molar-refractivity contribution in [1.29, 1.82) is 5.26 Å². The summed E-state index contributed by atoms with van der Waals surface area (Å²) in [5, 5.41) is 8.32. The van der Waals surface area contributed by atoms with Crippen molar-refractivity contribution in [3.63, 3.8) is 0 Å². The minimum Gasteiger partial charge on any atom is -0.447 e. The van der Waals surface area contributed by atoms with Crippen molar-refractivity contribution in [2.45, 2.75) is 30.6 Å².